The molecule has 0 unspecified atom stereocenters. The van der Waals surface area contributed by atoms with Crippen LogP contribution >= 0.6 is 0 Å². The van der Waals surface area contributed by atoms with Crippen LogP contribution in [0.25, 0.3) is 0 Å². The van der Waals surface area contributed by atoms with Gasteiger partial charge in [0, 0.05) is 25.5 Å². The molecule has 0 spiro atoms. The average molecular weight is 287 g/mol. The Bertz CT molecular complexity index is 695. The number of carboxylic acid groups (broad SMARTS) is 1. The minimum absolute atomic E-state index is 0.153. The second kappa shape index (κ2) is 6.69. The highest BCUT2D eigenvalue weighted by Crippen LogP contribution is 2.06. The predicted molar refractivity (Wildman–Crippen MR) is 79.8 cm³/mol. The molecule has 6 nitrogen and oxygen atoms in total. The fourth-order valence-corrected chi connectivity index (χ4v) is 2.00. The van der Waals surface area contributed by atoms with Gasteiger partial charge in [-0.15, -0.1) is 0 Å². The van der Waals surface area contributed by atoms with E-state index in [2.05, 4.69) is 10.3 Å². The van der Waals surface area contributed by atoms with Crippen LogP contribution in [0.3, 0.4) is 0 Å². The predicted octanol–water partition coefficient (Wildman–Crippen LogP) is 1.62. The van der Waals surface area contributed by atoms with Gasteiger partial charge in [-0.05, 0) is 31.0 Å². The van der Waals surface area contributed by atoms with E-state index in [1.165, 1.54) is 0 Å². The Hall–Kier alpha value is -2.63. The number of rotatable bonds is 6. The van der Waals surface area contributed by atoms with Crippen molar-refractivity contribution in [2.75, 3.05) is 11.9 Å². The first-order valence-corrected chi connectivity index (χ1v) is 6.73. The van der Waals surface area contributed by atoms with Crippen molar-refractivity contribution in [3.05, 3.63) is 58.1 Å². The third-order valence-corrected chi connectivity index (χ3v) is 3.13. The third kappa shape index (κ3) is 3.68. The van der Waals surface area contributed by atoms with Gasteiger partial charge in [0.05, 0.1) is 5.56 Å². The zero-order valence-electron chi connectivity index (χ0n) is 11.7. The van der Waals surface area contributed by atoms with E-state index < -0.39 is 5.97 Å². The van der Waals surface area contributed by atoms with Gasteiger partial charge in [-0.2, -0.15) is 0 Å². The number of aromatic carboxylic acids is 1. The molecule has 0 radical (unpaired) electrons. The van der Waals surface area contributed by atoms with Crippen LogP contribution in [0.15, 0.2) is 41.5 Å². The normalized spacial score (nSPS) is 10.3. The van der Waals surface area contributed by atoms with Crippen molar-refractivity contribution >= 4 is 11.8 Å². The average Bonchev–Trinajstić information content (AvgIpc) is 2.49. The lowest BCUT2D eigenvalue weighted by atomic mass is 10.1. The number of hydrogen-bond acceptors (Lipinski definition) is 4. The Kier molecular flexibility index (Phi) is 4.71. The highest BCUT2D eigenvalue weighted by atomic mass is 16.4. The molecule has 0 saturated heterocycles. The molecule has 2 aromatic rings. The van der Waals surface area contributed by atoms with Crippen molar-refractivity contribution in [3.63, 3.8) is 0 Å². The molecule has 6 heteroatoms. The minimum Gasteiger partial charge on any atom is -0.478 e. The molecule has 0 bridgehead atoms. The van der Waals surface area contributed by atoms with Crippen LogP contribution in [-0.4, -0.2) is 27.2 Å². The Labute approximate surface area is 122 Å². The third-order valence-electron chi connectivity index (χ3n) is 3.13. The van der Waals surface area contributed by atoms with Crippen LogP contribution in [0.2, 0.25) is 0 Å². The van der Waals surface area contributed by atoms with Crippen LogP contribution in [0, 0.1) is 0 Å². The van der Waals surface area contributed by atoms with Gasteiger partial charge in [0.25, 0.3) is 5.56 Å². The molecule has 0 aliphatic rings. The van der Waals surface area contributed by atoms with Gasteiger partial charge in [-0.1, -0.05) is 12.1 Å². The van der Waals surface area contributed by atoms with Crippen molar-refractivity contribution in [2.24, 2.45) is 0 Å². The number of aromatic nitrogens is 2. The number of benzene rings is 1. The van der Waals surface area contributed by atoms with Gasteiger partial charge in [-0.25, -0.2) is 9.78 Å². The largest absolute Gasteiger partial charge is 0.478 e. The van der Waals surface area contributed by atoms with E-state index in [9.17, 15) is 9.59 Å². The van der Waals surface area contributed by atoms with E-state index in [-0.39, 0.29) is 11.1 Å². The summed E-state index contributed by atoms with van der Waals surface area (Å²) in [6.07, 6.45) is 3.84. The number of nitrogens with one attached hydrogen (secondary N) is 1. The number of anilines is 1. The van der Waals surface area contributed by atoms with Gasteiger partial charge in [-0.3, -0.25) is 4.79 Å². The van der Waals surface area contributed by atoms with E-state index in [0.717, 1.165) is 5.56 Å². The van der Waals surface area contributed by atoms with E-state index >= 15 is 0 Å². The smallest absolute Gasteiger partial charge is 0.335 e. The molecule has 0 aliphatic heterocycles. The summed E-state index contributed by atoms with van der Waals surface area (Å²) in [4.78, 5) is 26.9. The summed E-state index contributed by atoms with van der Waals surface area (Å²) in [5.41, 5.74) is 1.01. The minimum atomic E-state index is -0.944. The quantitative estimate of drug-likeness (QED) is 0.843. The first kappa shape index (κ1) is 14.8. The van der Waals surface area contributed by atoms with E-state index in [1.54, 1.807) is 35.2 Å². The second-order valence-corrected chi connectivity index (χ2v) is 4.55. The van der Waals surface area contributed by atoms with Crippen molar-refractivity contribution < 1.29 is 9.90 Å². The van der Waals surface area contributed by atoms with Crippen molar-refractivity contribution in [1.29, 1.82) is 0 Å². The zero-order valence-corrected chi connectivity index (χ0v) is 11.7. The molecular formula is C15H17N3O3. The van der Waals surface area contributed by atoms with Gasteiger partial charge >= 0.3 is 5.97 Å². The molecule has 0 atom stereocenters. The SMILES string of the molecule is CCn1ccnc(NCCc2cccc(C(=O)O)c2)c1=O. The summed E-state index contributed by atoms with van der Waals surface area (Å²) in [7, 11) is 0. The molecule has 0 aliphatic carbocycles. The molecule has 0 saturated carbocycles. The van der Waals surface area contributed by atoms with Crippen molar-refractivity contribution in [3.8, 4) is 0 Å². The van der Waals surface area contributed by atoms with Crippen LogP contribution in [0.5, 0.6) is 0 Å². The first-order valence-electron chi connectivity index (χ1n) is 6.73. The molecule has 21 heavy (non-hydrogen) atoms. The van der Waals surface area contributed by atoms with Crippen molar-refractivity contribution in [2.45, 2.75) is 19.9 Å². The molecule has 1 aromatic carbocycles. The molecule has 110 valence electrons. The maximum absolute atomic E-state index is 11.9. The maximum Gasteiger partial charge on any atom is 0.335 e. The maximum atomic E-state index is 11.9. The van der Waals surface area contributed by atoms with Crippen LogP contribution in [0.1, 0.15) is 22.8 Å². The Morgan fingerprint density at radius 3 is 2.95 bits per heavy atom. The van der Waals surface area contributed by atoms with Gasteiger partial charge in [0.2, 0.25) is 0 Å². The molecular weight excluding hydrogens is 270 g/mol. The lowest BCUT2D eigenvalue weighted by Crippen LogP contribution is -2.24. The monoisotopic (exact) mass is 287 g/mol. The Balaban J connectivity index is 2.00. The summed E-state index contributed by atoms with van der Waals surface area (Å²) in [5.74, 6) is -0.630. The number of carboxylic acids is 1. The van der Waals surface area contributed by atoms with Crippen LogP contribution in [0.4, 0.5) is 5.82 Å². The number of aryl methyl sites for hydroxylation is 1. The summed E-state index contributed by atoms with van der Waals surface area (Å²) in [6, 6.07) is 6.76. The standard InChI is InChI=1S/C15H17N3O3/c1-2-18-9-8-17-13(14(18)19)16-7-6-11-4-3-5-12(10-11)15(20)21/h3-5,8-10H,2,6-7H2,1H3,(H,16,17)(H,20,21). The Morgan fingerprint density at radius 1 is 1.43 bits per heavy atom. The fraction of sp³-hybridized carbons (Fsp3) is 0.267. The number of hydrogen-bond donors (Lipinski definition) is 2. The van der Waals surface area contributed by atoms with E-state index in [1.807, 2.05) is 13.0 Å². The number of carbonyl (C=O) groups is 1. The zero-order chi connectivity index (χ0) is 15.2. The van der Waals surface area contributed by atoms with Crippen LogP contribution in [-0.2, 0) is 13.0 Å². The molecule has 2 N–H and O–H groups in total. The van der Waals surface area contributed by atoms with Gasteiger partial charge in [0.15, 0.2) is 5.82 Å². The second-order valence-electron chi connectivity index (χ2n) is 4.55. The van der Waals surface area contributed by atoms with Crippen molar-refractivity contribution in [1.82, 2.24) is 9.55 Å². The first-order chi connectivity index (χ1) is 10.1. The van der Waals surface area contributed by atoms with Gasteiger partial charge in [0.1, 0.15) is 0 Å². The molecule has 0 fully saturated rings. The fourth-order valence-electron chi connectivity index (χ4n) is 2.00. The highest BCUT2D eigenvalue weighted by Gasteiger charge is 2.05. The molecule has 0 amide bonds. The summed E-state index contributed by atoms with van der Waals surface area (Å²) in [6.45, 7) is 3.00. The summed E-state index contributed by atoms with van der Waals surface area (Å²) < 4.78 is 1.57. The number of nitrogens with zero attached hydrogens (tertiary/aromatic N) is 2. The van der Waals surface area contributed by atoms with Crippen LogP contribution < -0.4 is 10.9 Å². The molecule has 1 aromatic heterocycles. The van der Waals surface area contributed by atoms with E-state index in [0.29, 0.717) is 25.3 Å². The summed E-state index contributed by atoms with van der Waals surface area (Å²) in [5, 5.41) is 11.9. The molecule has 1 heterocycles. The topological polar surface area (TPSA) is 84.2 Å². The Morgan fingerprint density at radius 2 is 2.24 bits per heavy atom. The summed E-state index contributed by atoms with van der Waals surface area (Å²) >= 11 is 0. The lowest BCUT2D eigenvalue weighted by molar-refractivity contribution is 0.0697. The highest BCUT2D eigenvalue weighted by molar-refractivity contribution is 5.87. The molecule has 2 rings (SSSR count). The van der Waals surface area contributed by atoms with Gasteiger partial charge < -0.3 is 15.0 Å². The lowest BCUT2D eigenvalue weighted by Gasteiger charge is -2.07. The van der Waals surface area contributed by atoms with E-state index in [4.69, 9.17) is 5.11 Å².